The number of fused-ring (bicyclic) bond motifs is 1. The topological polar surface area (TPSA) is 76.5 Å². The second-order valence-corrected chi connectivity index (χ2v) is 8.32. The summed E-state index contributed by atoms with van der Waals surface area (Å²) in [6.45, 7) is 12.8. The SMILES string of the molecule is CCOC(=O)c1c(NC(=O)c2cc(C)n(C(C)C)n2)sc2c1CCN(CC)C2. The number of anilines is 1. The molecule has 3 heterocycles. The average Bonchev–Trinajstić information content (AvgIpc) is 3.21. The quantitative estimate of drug-likeness (QED) is 0.744. The molecule has 0 atom stereocenters. The number of carbonyl (C=O) groups is 2. The Morgan fingerprint density at radius 2 is 2.11 bits per heavy atom. The molecular weight excluding hydrogens is 376 g/mol. The zero-order chi connectivity index (χ0) is 20.4. The van der Waals surface area contributed by atoms with Crippen molar-refractivity contribution < 1.29 is 14.3 Å². The normalized spacial score (nSPS) is 14.2. The Hall–Kier alpha value is -2.19. The lowest BCUT2D eigenvalue weighted by Gasteiger charge is -2.25. The highest BCUT2D eigenvalue weighted by Crippen LogP contribution is 2.37. The van der Waals surface area contributed by atoms with Crippen LogP contribution < -0.4 is 5.32 Å². The minimum atomic E-state index is -0.371. The van der Waals surface area contributed by atoms with Crippen molar-refractivity contribution in [1.29, 1.82) is 0 Å². The van der Waals surface area contributed by atoms with Crippen molar-refractivity contribution in [3.8, 4) is 0 Å². The molecule has 1 amide bonds. The fourth-order valence-corrected chi connectivity index (χ4v) is 4.80. The van der Waals surface area contributed by atoms with E-state index in [2.05, 4.69) is 22.2 Å². The van der Waals surface area contributed by atoms with Crippen LogP contribution in [0.4, 0.5) is 5.00 Å². The standard InChI is InChI=1S/C20H28N4O3S/c1-6-23-9-8-14-16(11-23)28-19(17(14)20(26)27-7-2)21-18(25)15-10-13(5)24(22-15)12(3)4/h10,12H,6-9,11H2,1-5H3,(H,21,25). The Labute approximate surface area is 169 Å². The van der Waals surface area contributed by atoms with Crippen LogP contribution in [0.15, 0.2) is 6.07 Å². The summed E-state index contributed by atoms with van der Waals surface area (Å²) in [6, 6.07) is 1.94. The summed E-state index contributed by atoms with van der Waals surface area (Å²) in [5.41, 5.74) is 2.79. The summed E-state index contributed by atoms with van der Waals surface area (Å²) in [5.74, 6) is -0.678. The summed E-state index contributed by atoms with van der Waals surface area (Å²) in [4.78, 5) is 28.9. The molecule has 0 spiro atoms. The first-order valence-electron chi connectivity index (χ1n) is 9.77. The van der Waals surface area contributed by atoms with Crippen LogP contribution in [0, 0.1) is 6.92 Å². The number of nitrogens with one attached hydrogen (secondary N) is 1. The third kappa shape index (κ3) is 3.98. The predicted molar refractivity (Wildman–Crippen MR) is 110 cm³/mol. The molecule has 0 unspecified atom stereocenters. The molecule has 1 aliphatic rings. The molecule has 152 valence electrons. The molecule has 0 radical (unpaired) electrons. The van der Waals surface area contributed by atoms with E-state index in [1.165, 1.54) is 11.3 Å². The smallest absolute Gasteiger partial charge is 0.341 e. The number of amides is 1. The van der Waals surface area contributed by atoms with E-state index in [-0.39, 0.29) is 17.9 Å². The Bertz CT molecular complexity index is 884. The van der Waals surface area contributed by atoms with Crippen LogP contribution in [0.1, 0.15) is 70.7 Å². The minimum Gasteiger partial charge on any atom is -0.462 e. The van der Waals surface area contributed by atoms with E-state index in [1.807, 2.05) is 25.5 Å². The van der Waals surface area contributed by atoms with Crippen molar-refractivity contribution in [1.82, 2.24) is 14.7 Å². The Morgan fingerprint density at radius 3 is 2.71 bits per heavy atom. The molecule has 0 fully saturated rings. The number of carbonyl (C=O) groups excluding carboxylic acids is 2. The van der Waals surface area contributed by atoms with E-state index in [9.17, 15) is 9.59 Å². The van der Waals surface area contributed by atoms with Crippen LogP contribution in [-0.2, 0) is 17.7 Å². The summed E-state index contributed by atoms with van der Waals surface area (Å²) in [6.07, 6.45) is 0.783. The van der Waals surface area contributed by atoms with Gasteiger partial charge in [0.2, 0.25) is 0 Å². The van der Waals surface area contributed by atoms with E-state index < -0.39 is 0 Å². The van der Waals surface area contributed by atoms with Crippen molar-refractivity contribution in [3.05, 3.63) is 33.5 Å². The number of hydrogen-bond acceptors (Lipinski definition) is 6. The Balaban J connectivity index is 1.92. The van der Waals surface area contributed by atoms with Gasteiger partial charge in [-0.2, -0.15) is 5.10 Å². The second kappa shape index (κ2) is 8.45. The van der Waals surface area contributed by atoms with Gasteiger partial charge >= 0.3 is 5.97 Å². The van der Waals surface area contributed by atoms with E-state index >= 15 is 0 Å². The van der Waals surface area contributed by atoms with E-state index in [0.717, 1.165) is 42.2 Å². The van der Waals surface area contributed by atoms with Gasteiger partial charge < -0.3 is 10.1 Å². The molecule has 8 heteroatoms. The van der Waals surface area contributed by atoms with E-state index in [4.69, 9.17) is 4.74 Å². The van der Waals surface area contributed by atoms with Gasteiger partial charge in [-0.15, -0.1) is 11.3 Å². The van der Waals surface area contributed by atoms with E-state index in [1.54, 1.807) is 13.0 Å². The summed E-state index contributed by atoms with van der Waals surface area (Å²) >= 11 is 1.47. The maximum Gasteiger partial charge on any atom is 0.341 e. The molecule has 0 aromatic carbocycles. The number of hydrogen-bond donors (Lipinski definition) is 1. The lowest BCUT2D eigenvalue weighted by atomic mass is 10.0. The number of esters is 1. The van der Waals surface area contributed by atoms with Crippen LogP contribution in [0.2, 0.25) is 0 Å². The summed E-state index contributed by atoms with van der Waals surface area (Å²) in [7, 11) is 0. The van der Waals surface area contributed by atoms with Gasteiger partial charge in [-0.3, -0.25) is 14.4 Å². The summed E-state index contributed by atoms with van der Waals surface area (Å²) in [5, 5.41) is 7.89. The van der Waals surface area contributed by atoms with Gasteiger partial charge in [-0.05, 0) is 52.3 Å². The molecule has 0 aliphatic carbocycles. The van der Waals surface area contributed by atoms with Gasteiger partial charge in [0.05, 0.1) is 12.2 Å². The number of aromatic nitrogens is 2. The lowest BCUT2D eigenvalue weighted by molar-refractivity contribution is 0.0526. The van der Waals surface area contributed by atoms with Crippen LogP contribution in [0.5, 0.6) is 0 Å². The molecule has 1 N–H and O–H groups in total. The Kier molecular flexibility index (Phi) is 6.20. The second-order valence-electron chi connectivity index (χ2n) is 7.21. The number of aryl methyl sites for hydroxylation is 1. The molecule has 2 aromatic heterocycles. The van der Waals surface area contributed by atoms with Gasteiger partial charge in [0.1, 0.15) is 5.00 Å². The molecular formula is C20H28N4O3S. The predicted octanol–water partition coefficient (Wildman–Crippen LogP) is 3.64. The molecule has 2 aromatic rings. The molecule has 0 saturated heterocycles. The average molecular weight is 405 g/mol. The fourth-order valence-electron chi connectivity index (χ4n) is 3.52. The first kappa shape index (κ1) is 20.5. The van der Waals surface area contributed by atoms with Gasteiger partial charge in [0.25, 0.3) is 5.91 Å². The molecule has 0 saturated carbocycles. The van der Waals surface area contributed by atoms with Gasteiger partial charge in [-0.25, -0.2) is 4.79 Å². The van der Waals surface area contributed by atoms with Crippen molar-refractivity contribution in [2.45, 2.75) is 53.6 Å². The molecule has 0 bridgehead atoms. The monoisotopic (exact) mass is 404 g/mol. The van der Waals surface area contributed by atoms with Crippen molar-refractivity contribution in [2.75, 3.05) is 25.0 Å². The Morgan fingerprint density at radius 1 is 1.36 bits per heavy atom. The first-order valence-corrected chi connectivity index (χ1v) is 10.6. The van der Waals surface area contributed by atoms with E-state index in [0.29, 0.717) is 22.9 Å². The highest BCUT2D eigenvalue weighted by molar-refractivity contribution is 7.17. The number of rotatable bonds is 6. The molecule has 1 aliphatic heterocycles. The van der Waals surface area contributed by atoms with Gasteiger partial charge in [0, 0.05) is 29.7 Å². The number of ether oxygens (including phenoxy) is 1. The minimum absolute atomic E-state index is 0.172. The number of thiophene rings is 1. The van der Waals surface area contributed by atoms with Crippen LogP contribution in [0.3, 0.4) is 0 Å². The van der Waals surface area contributed by atoms with Crippen LogP contribution >= 0.6 is 11.3 Å². The highest BCUT2D eigenvalue weighted by Gasteiger charge is 2.29. The maximum atomic E-state index is 12.8. The molecule has 28 heavy (non-hydrogen) atoms. The van der Waals surface area contributed by atoms with Gasteiger partial charge in [0.15, 0.2) is 5.69 Å². The number of nitrogens with zero attached hydrogens (tertiary/aromatic N) is 3. The van der Waals surface area contributed by atoms with Crippen molar-refractivity contribution in [3.63, 3.8) is 0 Å². The van der Waals surface area contributed by atoms with Crippen molar-refractivity contribution >= 4 is 28.2 Å². The third-order valence-corrected chi connectivity index (χ3v) is 6.07. The first-order chi connectivity index (χ1) is 13.3. The highest BCUT2D eigenvalue weighted by atomic mass is 32.1. The zero-order valence-electron chi connectivity index (χ0n) is 17.2. The third-order valence-electron chi connectivity index (χ3n) is 4.93. The van der Waals surface area contributed by atoms with Gasteiger partial charge in [-0.1, -0.05) is 6.92 Å². The molecule has 3 rings (SSSR count). The van der Waals surface area contributed by atoms with Crippen LogP contribution in [-0.4, -0.2) is 46.3 Å². The zero-order valence-corrected chi connectivity index (χ0v) is 18.0. The van der Waals surface area contributed by atoms with Crippen molar-refractivity contribution in [2.24, 2.45) is 0 Å². The summed E-state index contributed by atoms with van der Waals surface area (Å²) < 4.78 is 7.09. The fraction of sp³-hybridized carbons (Fsp3) is 0.550. The maximum absolute atomic E-state index is 12.8. The largest absolute Gasteiger partial charge is 0.462 e. The number of likely N-dealkylation sites (N-methyl/N-ethyl adjacent to an activating group) is 1. The molecule has 7 nitrogen and oxygen atoms in total. The van der Waals surface area contributed by atoms with Crippen LogP contribution in [0.25, 0.3) is 0 Å². The lowest BCUT2D eigenvalue weighted by Crippen LogP contribution is -2.30.